The minimum Gasteiger partial charge on any atom is -0.377 e. The molecule has 5 rings (SSSR count). The van der Waals surface area contributed by atoms with Crippen molar-refractivity contribution in [2.75, 3.05) is 50.8 Å². The van der Waals surface area contributed by atoms with Crippen LogP contribution in [-0.4, -0.2) is 73.6 Å². The number of carbonyl (C=O) groups is 2. The maximum absolute atomic E-state index is 13.1. The van der Waals surface area contributed by atoms with Crippen LogP contribution in [0, 0.1) is 5.92 Å². The van der Waals surface area contributed by atoms with Gasteiger partial charge in [-0.05, 0) is 24.3 Å². The van der Waals surface area contributed by atoms with Gasteiger partial charge in [-0.2, -0.15) is 0 Å². The number of fused-ring (bicyclic) bond motifs is 1. The molecular formula is C24H29N3O3. The third kappa shape index (κ3) is 3.82. The number of ether oxygens (including phenoxy) is 1. The van der Waals surface area contributed by atoms with Crippen molar-refractivity contribution in [3.8, 4) is 0 Å². The Morgan fingerprint density at radius 2 is 1.83 bits per heavy atom. The molecule has 2 amide bonds. The summed E-state index contributed by atoms with van der Waals surface area (Å²) < 4.78 is 5.74. The average Bonchev–Trinajstić information content (AvgIpc) is 3.43. The van der Waals surface area contributed by atoms with Gasteiger partial charge in [0.25, 0.3) is 0 Å². The van der Waals surface area contributed by atoms with Crippen LogP contribution >= 0.6 is 0 Å². The lowest BCUT2D eigenvalue weighted by Crippen LogP contribution is -2.52. The Bertz CT molecular complexity index is 927. The van der Waals surface area contributed by atoms with Crippen LogP contribution in [-0.2, 0) is 14.3 Å². The molecule has 0 saturated carbocycles. The Hall–Kier alpha value is -2.44. The fourth-order valence-corrected chi connectivity index (χ4v) is 5.03. The van der Waals surface area contributed by atoms with Gasteiger partial charge in [0.15, 0.2) is 0 Å². The molecule has 2 aromatic carbocycles. The monoisotopic (exact) mass is 407 g/mol. The smallest absolute Gasteiger partial charge is 0.228 e. The predicted octanol–water partition coefficient (Wildman–Crippen LogP) is 2.52. The Balaban J connectivity index is 1.22. The van der Waals surface area contributed by atoms with Gasteiger partial charge in [0.1, 0.15) is 0 Å². The van der Waals surface area contributed by atoms with Crippen molar-refractivity contribution < 1.29 is 14.3 Å². The first-order chi connectivity index (χ1) is 14.7. The number of piperazine rings is 1. The molecule has 0 aliphatic carbocycles. The average molecular weight is 408 g/mol. The number of benzene rings is 2. The van der Waals surface area contributed by atoms with Gasteiger partial charge in [-0.15, -0.1) is 0 Å². The molecule has 30 heavy (non-hydrogen) atoms. The number of anilines is 1. The third-order valence-corrected chi connectivity index (χ3v) is 6.70. The van der Waals surface area contributed by atoms with Gasteiger partial charge in [-0.3, -0.25) is 14.5 Å². The summed E-state index contributed by atoms with van der Waals surface area (Å²) in [7, 11) is 0. The minimum absolute atomic E-state index is 0.0433. The Morgan fingerprint density at radius 1 is 1.03 bits per heavy atom. The molecule has 2 aromatic rings. The van der Waals surface area contributed by atoms with Crippen LogP contribution in [0.3, 0.4) is 0 Å². The van der Waals surface area contributed by atoms with Gasteiger partial charge >= 0.3 is 0 Å². The molecule has 158 valence electrons. The lowest BCUT2D eigenvalue weighted by molar-refractivity contribution is -0.137. The van der Waals surface area contributed by atoms with Crippen molar-refractivity contribution >= 4 is 28.3 Å². The van der Waals surface area contributed by atoms with Gasteiger partial charge < -0.3 is 14.5 Å². The van der Waals surface area contributed by atoms with Gasteiger partial charge in [0, 0.05) is 57.7 Å². The van der Waals surface area contributed by atoms with Crippen molar-refractivity contribution in [2.45, 2.75) is 25.4 Å². The second-order valence-corrected chi connectivity index (χ2v) is 8.66. The molecule has 2 unspecified atom stereocenters. The molecule has 3 aliphatic heterocycles. The van der Waals surface area contributed by atoms with Gasteiger partial charge in [-0.1, -0.05) is 36.4 Å². The first-order valence-electron chi connectivity index (χ1n) is 11.1. The number of hydrogen-bond acceptors (Lipinski definition) is 4. The molecule has 0 radical (unpaired) electrons. The zero-order valence-electron chi connectivity index (χ0n) is 17.3. The Kier molecular flexibility index (Phi) is 5.44. The summed E-state index contributed by atoms with van der Waals surface area (Å²) >= 11 is 0. The van der Waals surface area contributed by atoms with Gasteiger partial charge in [0.05, 0.1) is 17.7 Å². The molecule has 3 fully saturated rings. The molecule has 6 nitrogen and oxygen atoms in total. The van der Waals surface area contributed by atoms with E-state index in [2.05, 4.69) is 17.0 Å². The zero-order valence-corrected chi connectivity index (χ0v) is 17.3. The summed E-state index contributed by atoms with van der Waals surface area (Å²) in [5, 5.41) is 2.17. The van der Waals surface area contributed by atoms with Crippen molar-refractivity contribution in [3.63, 3.8) is 0 Å². The van der Waals surface area contributed by atoms with Gasteiger partial charge in [0.2, 0.25) is 11.8 Å². The van der Waals surface area contributed by atoms with Crippen molar-refractivity contribution in [2.24, 2.45) is 5.92 Å². The van der Waals surface area contributed by atoms with Crippen LogP contribution < -0.4 is 4.90 Å². The molecule has 3 aliphatic rings. The second kappa shape index (κ2) is 8.36. The molecule has 6 heteroatoms. The van der Waals surface area contributed by atoms with E-state index in [1.807, 2.05) is 35.2 Å². The van der Waals surface area contributed by atoms with E-state index in [0.29, 0.717) is 19.1 Å². The van der Waals surface area contributed by atoms with Crippen molar-refractivity contribution in [3.05, 3.63) is 42.5 Å². The van der Waals surface area contributed by atoms with Crippen LogP contribution in [0.4, 0.5) is 5.69 Å². The molecule has 0 aromatic heterocycles. The standard InChI is InChI=1S/C24H29N3O3/c28-23-15-19(16-27(23)22-9-3-6-18-5-1-2-8-21(18)22)24(29)26-12-10-25(11-13-26)17-20-7-4-14-30-20/h1-3,5-6,8-9,19-20H,4,7,10-17H2. The Morgan fingerprint density at radius 3 is 2.63 bits per heavy atom. The van der Waals surface area contributed by atoms with Gasteiger partial charge in [-0.25, -0.2) is 0 Å². The van der Waals surface area contributed by atoms with E-state index in [4.69, 9.17) is 4.74 Å². The first kappa shape index (κ1) is 19.5. The third-order valence-electron chi connectivity index (χ3n) is 6.70. The lowest BCUT2D eigenvalue weighted by Gasteiger charge is -2.36. The normalized spacial score (nSPS) is 25.4. The maximum atomic E-state index is 13.1. The van der Waals surface area contributed by atoms with Crippen molar-refractivity contribution in [1.82, 2.24) is 9.80 Å². The van der Waals surface area contributed by atoms with E-state index in [9.17, 15) is 9.59 Å². The van der Waals surface area contributed by atoms with E-state index < -0.39 is 0 Å². The SMILES string of the molecule is O=C(C1CC(=O)N(c2cccc3ccccc23)C1)N1CCN(CC2CCCO2)CC1. The number of rotatable bonds is 4. The molecular weight excluding hydrogens is 378 g/mol. The lowest BCUT2D eigenvalue weighted by atomic mass is 10.1. The maximum Gasteiger partial charge on any atom is 0.228 e. The number of nitrogens with zero attached hydrogens (tertiary/aromatic N) is 3. The highest BCUT2D eigenvalue weighted by atomic mass is 16.5. The fourth-order valence-electron chi connectivity index (χ4n) is 5.03. The summed E-state index contributed by atoms with van der Waals surface area (Å²) in [5.41, 5.74) is 0.912. The number of hydrogen-bond donors (Lipinski definition) is 0. The molecule has 0 bridgehead atoms. The number of amides is 2. The van der Waals surface area contributed by atoms with E-state index in [1.165, 1.54) is 0 Å². The number of carbonyl (C=O) groups excluding carboxylic acids is 2. The highest BCUT2D eigenvalue weighted by molar-refractivity contribution is 6.07. The van der Waals surface area contributed by atoms with Crippen LogP contribution in [0.15, 0.2) is 42.5 Å². The molecule has 3 saturated heterocycles. The largest absolute Gasteiger partial charge is 0.377 e. The highest BCUT2D eigenvalue weighted by Crippen LogP contribution is 2.32. The summed E-state index contributed by atoms with van der Waals surface area (Å²) in [6.07, 6.45) is 2.96. The van der Waals surface area contributed by atoms with Crippen LogP contribution in [0.2, 0.25) is 0 Å². The Labute approximate surface area is 177 Å². The topological polar surface area (TPSA) is 53.1 Å². The molecule has 3 heterocycles. The molecule has 0 N–H and O–H groups in total. The second-order valence-electron chi connectivity index (χ2n) is 8.66. The van der Waals surface area contributed by atoms with Crippen LogP contribution in [0.1, 0.15) is 19.3 Å². The van der Waals surface area contributed by atoms with E-state index in [1.54, 1.807) is 4.90 Å². The van der Waals surface area contributed by atoms with E-state index >= 15 is 0 Å². The zero-order chi connectivity index (χ0) is 20.5. The highest BCUT2D eigenvalue weighted by Gasteiger charge is 2.38. The first-order valence-corrected chi connectivity index (χ1v) is 11.1. The summed E-state index contributed by atoms with van der Waals surface area (Å²) in [5.74, 6) is -0.0780. The fraction of sp³-hybridized carbons (Fsp3) is 0.500. The summed E-state index contributed by atoms with van der Waals surface area (Å²) in [6.45, 7) is 5.58. The molecule has 2 atom stereocenters. The van der Waals surface area contributed by atoms with Crippen LogP contribution in [0.5, 0.6) is 0 Å². The minimum atomic E-state index is -0.249. The van der Waals surface area contributed by atoms with Crippen LogP contribution in [0.25, 0.3) is 10.8 Å². The van der Waals surface area contributed by atoms with Crippen molar-refractivity contribution in [1.29, 1.82) is 0 Å². The summed E-state index contributed by atoms with van der Waals surface area (Å²) in [6, 6.07) is 14.1. The van der Waals surface area contributed by atoms with E-state index in [0.717, 1.165) is 68.6 Å². The summed E-state index contributed by atoms with van der Waals surface area (Å²) in [4.78, 5) is 32.1. The van der Waals surface area contributed by atoms with E-state index in [-0.39, 0.29) is 17.7 Å². The quantitative estimate of drug-likeness (QED) is 0.782. The predicted molar refractivity (Wildman–Crippen MR) is 116 cm³/mol. The molecule has 0 spiro atoms.